The van der Waals surface area contributed by atoms with Crippen molar-refractivity contribution in [1.82, 2.24) is 0 Å². The van der Waals surface area contributed by atoms with E-state index >= 15 is 0 Å². The molecule has 0 saturated carbocycles. The molecule has 0 aromatic heterocycles. The Kier molecular flexibility index (Phi) is 4.52. The highest BCUT2D eigenvalue weighted by atomic mass is 35.5. The highest BCUT2D eigenvalue weighted by Crippen LogP contribution is 2.34. The van der Waals surface area contributed by atoms with Crippen LogP contribution in [0.3, 0.4) is 0 Å². The minimum Gasteiger partial charge on any atom is -0.481 e. The molecule has 0 spiro atoms. The van der Waals surface area contributed by atoms with Crippen LogP contribution in [0, 0.1) is 11.2 Å². The van der Waals surface area contributed by atoms with Gasteiger partial charge in [-0.05, 0) is 31.4 Å². The number of rotatable bonds is 5. The Labute approximate surface area is 105 Å². The summed E-state index contributed by atoms with van der Waals surface area (Å²) >= 11 is 5.92. The molecule has 1 N–H and O–H groups in total. The van der Waals surface area contributed by atoms with Gasteiger partial charge in [0.2, 0.25) is 0 Å². The zero-order valence-corrected chi connectivity index (χ0v) is 10.7. The first-order valence-corrected chi connectivity index (χ1v) is 6.01. The van der Waals surface area contributed by atoms with Crippen LogP contribution < -0.4 is 0 Å². The van der Waals surface area contributed by atoms with Crippen molar-refractivity contribution in [1.29, 1.82) is 0 Å². The van der Waals surface area contributed by atoms with Crippen molar-refractivity contribution in [3.05, 3.63) is 34.6 Å². The van der Waals surface area contributed by atoms with Gasteiger partial charge in [-0.25, -0.2) is 4.39 Å². The van der Waals surface area contributed by atoms with E-state index in [9.17, 15) is 14.3 Å². The van der Waals surface area contributed by atoms with Crippen LogP contribution in [0.15, 0.2) is 18.2 Å². The summed E-state index contributed by atoms with van der Waals surface area (Å²) in [4.78, 5) is 11.3. The highest BCUT2D eigenvalue weighted by molar-refractivity contribution is 6.31. The Morgan fingerprint density at radius 1 is 1.41 bits per heavy atom. The first-order chi connectivity index (χ1) is 7.96. The fraction of sp³-hybridized carbons (Fsp3) is 0.462. The Balaban J connectivity index is 3.14. The lowest BCUT2D eigenvalue weighted by atomic mass is 9.77. The van der Waals surface area contributed by atoms with Gasteiger partial charge >= 0.3 is 5.97 Å². The fourth-order valence-electron chi connectivity index (χ4n) is 1.92. The van der Waals surface area contributed by atoms with Crippen molar-refractivity contribution in [2.45, 2.75) is 33.1 Å². The Bertz CT molecular complexity index is 394. The molecule has 1 aromatic rings. The summed E-state index contributed by atoms with van der Waals surface area (Å²) in [6.45, 7) is 3.60. The molecule has 1 rings (SSSR count). The molecule has 0 radical (unpaired) electrons. The normalized spacial score (nSPS) is 11.5. The third-order valence-corrected chi connectivity index (χ3v) is 3.74. The van der Waals surface area contributed by atoms with Crippen molar-refractivity contribution < 1.29 is 14.3 Å². The standard InChI is InChI=1S/C13H16ClFO2/c1-3-13(4-2,12(16)17)8-9-10(14)6-5-7-11(9)15/h5-7H,3-4,8H2,1-2H3,(H,16,17). The molecule has 94 valence electrons. The van der Waals surface area contributed by atoms with Crippen LogP contribution in [0.1, 0.15) is 32.3 Å². The summed E-state index contributed by atoms with van der Waals surface area (Å²) < 4.78 is 13.6. The molecule has 0 aliphatic heterocycles. The number of hydrogen-bond donors (Lipinski definition) is 1. The molecule has 0 fully saturated rings. The smallest absolute Gasteiger partial charge is 0.309 e. The fourth-order valence-corrected chi connectivity index (χ4v) is 2.15. The van der Waals surface area contributed by atoms with Crippen LogP contribution in [0.2, 0.25) is 5.02 Å². The summed E-state index contributed by atoms with van der Waals surface area (Å²) in [5, 5.41) is 9.59. The van der Waals surface area contributed by atoms with Gasteiger partial charge in [0.05, 0.1) is 5.41 Å². The zero-order chi connectivity index (χ0) is 13.1. The number of aliphatic carboxylic acids is 1. The third kappa shape index (κ3) is 2.78. The number of carboxylic acids is 1. The van der Waals surface area contributed by atoms with Crippen LogP contribution in [0.25, 0.3) is 0 Å². The second-order valence-electron chi connectivity index (χ2n) is 4.17. The van der Waals surface area contributed by atoms with E-state index in [-0.39, 0.29) is 11.4 Å². The Hall–Kier alpha value is -1.09. The summed E-state index contributed by atoms with van der Waals surface area (Å²) in [5.41, 5.74) is -0.647. The van der Waals surface area contributed by atoms with Gasteiger partial charge in [-0.3, -0.25) is 4.79 Å². The SMILES string of the molecule is CCC(CC)(Cc1c(F)cccc1Cl)C(=O)O. The minimum absolute atomic E-state index is 0.126. The van der Waals surface area contributed by atoms with E-state index in [1.165, 1.54) is 12.1 Å². The van der Waals surface area contributed by atoms with Crippen LogP contribution in [-0.2, 0) is 11.2 Å². The van der Waals surface area contributed by atoms with Crippen LogP contribution >= 0.6 is 11.6 Å². The molecule has 0 bridgehead atoms. The largest absolute Gasteiger partial charge is 0.481 e. The molecule has 4 heteroatoms. The molecule has 0 heterocycles. The van der Waals surface area contributed by atoms with Gasteiger partial charge in [-0.15, -0.1) is 0 Å². The van der Waals surface area contributed by atoms with Crippen LogP contribution in [0.5, 0.6) is 0 Å². The molecule has 2 nitrogen and oxygen atoms in total. The molecule has 0 saturated heterocycles. The van der Waals surface area contributed by atoms with Crippen LogP contribution in [-0.4, -0.2) is 11.1 Å². The van der Waals surface area contributed by atoms with E-state index in [0.29, 0.717) is 18.4 Å². The van der Waals surface area contributed by atoms with Crippen molar-refractivity contribution in [2.24, 2.45) is 5.41 Å². The van der Waals surface area contributed by atoms with Gasteiger partial charge in [-0.2, -0.15) is 0 Å². The lowest BCUT2D eigenvalue weighted by Gasteiger charge is -2.27. The van der Waals surface area contributed by atoms with Gasteiger partial charge in [0, 0.05) is 10.6 Å². The third-order valence-electron chi connectivity index (χ3n) is 3.38. The zero-order valence-electron chi connectivity index (χ0n) is 9.96. The van der Waals surface area contributed by atoms with Gasteiger partial charge < -0.3 is 5.11 Å². The average molecular weight is 259 g/mol. The maximum Gasteiger partial charge on any atom is 0.309 e. The van der Waals surface area contributed by atoms with E-state index in [2.05, 4.69) is 0 Å². The number of halogens is 2. The van der Waals surface area contributed by atoms with Gasteiger partial charge in [-0.1, -0.05) is 31.5 Å². The topological polar surface area (TPSA) is 37.3 Å². The van der Waals surface area contributed by atoms with Crippen molar-refractivity contribution in [2.75, 3.05) is 0 Å². The second kappa shape index (κ2) is 5.50. The number of hydrogen-bond acceptors (Lipinski definition) is 1. The Morgan fingerprint density at radius 3 is 2.41 bits per heavy atom. The quantitative estimate of drug-likeness (QED) is 0.869. The average Bonchev–Trinajstić information content (AvgIpc) is 2.29. The van der Waals surface area contributed by atoms with E-state index in [1.54, 1.807) is 19.9 Å². The van der Waals surface area contributed by atoms with Gasteiger partial charge in [0.1, 0.15) is 5.82 Å². The summed E-state index contributed by atoms with van der Waals surface area (Å²) in [7, 11) is 0. The van der Waals surface area contributed by atoms with Crippen molar-refractivity contribution >= 4 is 17.6 Å². The number of carbonyl (C=O) groups is 1. The molecule has 1 aromatic carbocycles. The monoisotopic (exact) mass is 258 g/mol. The highest BCUT2D eigenvalue weighted by Gasteiger charge is 2.36. The minimum atomic E-state index is -0.939. The molecule has 17 heavy (non-hydrogen) atoms. The predicted octanol–water partition coefficient (Wildman–Crippen LogP) is 3.91. The summed E-state index contributed by atoms with van der Waals surface area (Å²) in [6, 6.07) is 4.40. The Morgan fingerprint density at radius 2 is 2.00 bits per heavy atom. The molecular weight excluding hydrogens is 243 g/mol. The number of benzene rings is 1. The lowest BCUT2D eigenvalue weighted by Crippen LogP contribution is -2.32. The maximum absolute atomic E-state index is 13.6. The van der Waals surface area contributed by atoms with Gasteiger partial charge in [0.15, 0.2) is 0 Å². The summed E-state index contributed by atoms with van der Waals surface area (Å²) in [6.07, 6.45) is 1.02. The van der Waals surface area contributed by atoms with Crippen molar-refractivity contribution in [3.8, 4) is 0 Å². The molecule has 0 aliphatic rings. The molecule has 0 aliphatic carbocycles. The maximum atomic E-state index is 13.6. The first-order valence-electron chi connectivity index (χ1n) is 5.63. The molecule has 0 atom stereocenters. The molecule has 0 unspecified atom stereocenters. The predicted molar refractivity (Wildman–Crippen MR) is 65.8 cm³/mol. The second-order valence-corrected chi connectivity index (χ2v) is 4.58. The lowest BCUT2D eigenvalue weighted by molar-refractivity contribution is -0.149. The van der Waals surface area contributed by atoms with Crippen molar-refractivity contribution in [3.63, 3.8) is 0 Å². The van der Waals surface area contributed by atoms with E-state index < -0.39 is 17.2 Å². The molecular formula is C13H16ClFO2. The van der Waals surface area contributed by atoms with E-state index in [4.69, 9.17) is 11.6 Å². The molecule has 0 amide bonds. The first kappa shape index (κ1) is 14.0. The van der Waals surface area contributed by atoms with Crippen LogP contribution in [0.4, 0.5) is 4.39 Å². The van der Waals surface area contributed by atoms with E-state index in [1.807, 2.05) is 0 Å². The summed E-state index contributed by atoms with van der Waals surface area (Å²) in [5.74, 6) is -1.34. The van der Waals surface area contributed by atoms with Gasteiger partial charge in [0.25, 0.3) is 0 Å². The van der Waals surface area contributed by atoms with E-state index in [0.717, 1.165) is 0 Å². The number of carboxylic acid groups (broad SMARTS) is 1.